The second kappa shape index (κ2) is 12.1. The number of hydrogen-bond acceptors (Lipinski definition) is 8. The molecule has 2 N–H and O–H groups in total. The number of aromatic nitrogens is 3. The predicted octanol–water partition coefficient (Wildman–Crippen LogP) is 6.03. The van der Waals surface area contributed by atoms with Crippen LogP contribution in [0.4, 0.5) is 15.9 Å². The smallest absolute Gasteiger partial charge is 0.156 e. The highest BCUT2D eigenvalue weighted by Gasteiger charge is 2.30. The number of nitrogens with zero attached hydrogens (tertiary/aromatic N) is 7. The van der Waals surface area contributed by atoms with E-state index in [1.54, 1.807) is 18.5 Å². The molecule has 4 aromatic rings. The molecule has 45 heavy (non-hydrogen) atoms. The van der Waals surface area contributed by atoms with Crippen molar-refractivity contribution in [3.8, 4) is 11.1 Å². The Labute approximate surface area is 263 Å². The second-order valence-electron chi connectivity index (χ2n) is 12.5. The van der Waals surface area contributed by atoms with E-state index in [-0.39, 0.29) is 11.9 Å². The van der Waals surface area contributed by atoms with Crippen molar-refractivity contribution in [3.63, 3.8) is 0 Å². The van der Waals surface area contributed by atoms with Gasteiger partial charge in [0.2, 0.25) is 0 Å². The quantitative estimate of drug-likeness (QED) is 0.254. The zero-order valence-electron chi connectivity index (χ0n) is 26.3. The molecule has 1 fully saturated rings. The fourth-order valence-electron chi connectivity index (χ4n) is 6.66. The second-order valence-corrected chi connectivity index (χ2v) is 12.5. The number of benzene rings is 2. The lowest BCUT2D eigenvalue weighted by molar-refractivity contribution is 0.140. The average Bonchev–Trinajstić information content (AvgIpc) is 3.65. The van der Waals surface area contributed by atoms with Crippen LogP contribution in [0.2, 0.25) is 0 Å². The van der Waals surface area contributed by atoms with Crippen molar-refractivity contribution in [2.24, 2.45) is 5.10 Å². The van der Waals surface area contributed by atoms with Crippen LogP contribution in [0.15, 0.2) is 89.7 Å². The van der Waals surface area contributed by atoms with Crippen molar-refractivity contribution in [3.05, 3.63) is 96.0 Å². The van der Waals surface area contributed by atoms with Crippen LogP contribution in [0, 0.1) is 5.82 Å². The molecule has 9 nitrogen and oxygen atoms in total. The van der Waals surface area contributed by atoms with Gasteiger partial charge in [0.25, 0.3) is 0 Å². The van der Waals surface area contributed by atoms with E-state index < -0.39 is 0 Å². The predicted molar refractivity (Wildman–Crippen MR) is 179 cm³/mol. The van der Waals surface area contributed by atoms with Gasteiger partial charge in [0.05, 0.1) is 23.7 Å². The fourth-order valence-corrected chi connectivity index (χ4v) is 6.66. The largest absolute Gasteiger partial charge is 0.360 e. The van der Waals surface area contributed by atoms with Gasteiger partial charge in [0.1, 0.15) is 23.6 Å². The Kier molecular flexibility index (Phi) is 7.85. The van der Waals surface area contributed by atoms with Crippen molar-refractivity contribution in [2.75, 3.05) is 43.9 Å². The maximum absolute atomic E-state index is 15.1. The lowest BCUT2D eigenvalue weighted by Crippen LogP contribution is -2.43. The normalized spacial score (nSPS) is 18.2. The molecule has 5 heterocycles. The van der Waals surface area contributed by atoms with Gasteiger partial charge in [0.15, 0.2) is 5.84 Å². The van der Waals surface area contributed by atoms with Crippen LogP contribution in [0.5, 0.6) is 0 Å². The van der Waals surface area contributed by atoms with Gasteiger partial charge in [-0.3, -0.25) is 14.8 Å². The zero-order chi connectivity index (χ0) is 31.1. The van der Waals surface area contributed by atoms with E-state index in [2.05, 4.69) is 93.4 Å². The molecule has 0 aliphatic carbocycles. The number of aromatic amines is 1. The highest BCUT2D eigenvalue weighted by Crippen LogP contribution is 2.35. The van der Waals surface area contributed by atoms with Gasteiger partial charge in [0, 0.05) is 36.2 Å². The Morgan fingerprint density at radius 1 is 1.09 bits per heavy atom. The monoisotopic (exact) mass is 605 g/mol. The van der Waals surface area contributed by atoms with E-state index in [1.165, 1.54) is 5.57 Å². The van der Waals surface area contributed by atoms with Crippen LogP contribution in [0.25, 0.3) is 22.2 Å². The van der Waals surface area contributed by atoms with Crippen LogP contribution in [0.3, 0.4) is 0 Å². The summed E-state index contributed by atoms with van der Waals surface area (Å²) < 4.78 is 15.1. The van der Waals surface area contributed by atoms with Crippen molar-refractivity contribution < 1.29 is 4.39 Å². The maximum atomic E-state index is 15.1. The third kappa shape index (κ3) is 5.83. The summed E-state index contributed by atoms with van der Waals surface area (Å²) >= 11 is 0. The van der Waals surface area contributed by atoms with Gasteiger partial charge in [-0.2, -0.15) is 5.10 Å². The van der Waals surface area contributed by atoms with Crippen LogP contribution in [-0.4, -0.2) is 81.4 Å². The zero-order valence-corrected chi connectivity index (χ0v) is 26.3. The number of anilines is 2. The molecule has 7 rings (SSSR count). The van der Waals surface area contributed by atoms with Gasteiger partial charge < -0.3 is 15.2 Å². The third-order valence-electron chi connectivity index (χ3n) is 9.18. The van der Waals surface area contributed by atoms with Crippen molar-refractivity contribution in [1.29, 1.82) is 0 Å². The topological polar surface area (TPSA) is 78.9 Å². The Balaban J connectivity index is 1.18. The van der Waals surface area contributed by atoms with Gasteiger partial charge in [-0.05, 0) is 101 Å². The van der Waals surface area contributed by atoms with Crippen LogP contribution >= 0.6 is 0 Å². The summed E-state index contributed by atoms with van der Waals surface area (Å²) in [6.45, 7) is 7.69. The summed E-state index contributed by atoms with van der Waals surface area (Å²) in [5.41, 5.74) is 6.66. The van der Waals surface area contributed by atoms with E-state index in [4.69, 9.17) is 5.10 Å². The van der Waals surface area contributed by atoms with Crippen molar-refractivity contribution in [2.45, 2.75) is 45.3 Å². The molecular weight excluding hydrogens is 565 g/mol. The molecule has 0 unspecified atom stereocenters. The molecule has 0 bridgehead atoms. The summed E-state index contributed by atoms with van der Waals surface area (Å²) in [6, 6.07) is 16.0. The summed E-state index contributed by atoms with van der Waals surface area (Å²) in [7, 11) is 4.29. The molecule has 2 aromatic heterocycles. The summed E-state index contributed by atoms with van der Waals surface area (Å²) in [6.07, 6.45) is 10.1. The third-order valence-corrected chi connectivity index (χ3v) is 9.18. The Hall–Kier alpha value is -4.54. The lowest BCUT2D eigenvalue weighted by Gasteiger charge is -2.35. The molecule has 10 heteroatoms. The number of amidine groups is 1. The minimum Gasteiger partial charge on any atom is -0.360 e. The average molecular weight is 606 g/mol. The summed E-state index contributed by atoms with van der Waals surface area (Å²) in [4.78, 5) is 19.3. The highest BCUT2D eigenvalue weighted by molar-refractivity contribution is 6.07. The minimum atomic E-state index is -0.244. The molecule has 232 valence electrons. The minimum absolute atomic E-state index is 0.210. The van der Waals surface area contributed by atoms with E-state index in [9.17, 15) is 0 Å². The number of likely N-dealkylation sites (tertiary alicyclic amines) is 1. The van der Waals surface area contributed by atoms with Crippen LogP contribution in [0.1, 0.15) is 32.3 Å². The molecule has 1 saturated heterocycles. The molecule has 3 aliphatic rings. The number of piperidine rings is 1. The number of para-hydroxylation sites is 1. The number of hydrazone groups is 1. The first-order valence-electron chi connectivity index (χ1n) is 15.7. The number of fused-ring (bicyclic) bond motifs is 2. The number of nitrogens with one attached hydrogen (secondary N) is 2. The first kappa shape index (κ1) is 29.2. The number of hydrogen-bond donors (Lipinski definition) is 2. The maximum Gasteiger partial charge on any atom is 0.156 e. The van der Waals surface area contributed by atoms with E-state index in [1.807, 2.05) is 29.4 Å². The van der Waals surface area contributed by atoms with E-state index >= 15 is 4.39 Å². The van der Waals surface area contributed by atoms with E-state index in [0.717, 1.165) is 78.3 Å². The van der Waals surface area contributed by atoms with Crippen LogP contribution in [-0.2, 0) is 6.54 Å². The molecule has 0 amide bonds. The molecule has 0 radical (unpaired) electrons. The van der Waals surface area contributed by atoms with E-state index in [0.29, 0.717) is 17.5 Å². The van der Waals surface area contributed by atoms with Gasteiger partial charge in [-0.25, -0.2) is 14.4 Å². The summed E-state index contributed by atoms with van der Waals surface area (Å²) in [5.74, 6) is 1.27. The summed E-state index contributed by atoms with van der Waals surface area (Å²) in [5, 5.41) is 11.6. The van der Waals surface area contributed by atoms with Crippen LogP contribution < -0.4 is 10.2 Å². The SMILES string of the molecule is CC1=CCN2N=C([C@H](C)Nc3ncnc4[nH]cc(-c5cc(F)cc(CN6CCC(N(C)C)CC6)c5)c34)N(c3ccccc3)C=C12. The molecule has 3 aliphatic heterocycles. The first-order valence-corrected chi connectivity index (χ1v) is 15.7. The van der Waals surface area contributed by atoms with Gasteiger partial charge in [-0.15, -0.1) is 0 Å². The number of halogens is 1. The number of rotatable bonds is 8. The standard InChI is InChI=1S/C35H40FN9/c1-23-10-15-45-31(23)21-44(29-8-6-5-7-9-29)35(41-45)24(2)40-34-32-30(19-37-33(32)38-22-39-34)26-16-25(17-27(36)18-26)20-43-13-11-28(12-14-43)42(3)4/h5-10,16-19,21-22,24,28H,11-15,20H2,1-4H3,(H2,37,38,39,40)/t24-/m0/s1. The van der Waals surface area contributed by atoms with Gasteiger partial charge in [-0.1, -0.05) is 24.3 Å². The molecule has 2 aromatic carbocycles. The number of allylic oxidation sites excluding steroid dienone is 1. The molecule has 1 atom stereocenters. The Morgan fingerprint density at radius 2 is 1.89 bits per heavy atom. The molecular formula is C35H40FN9. The first-order chi connectivity index (χ1) is 21.8. The molecule has 0 saturated carbocycles. The van der Waals surface area contributed by atoms with Crippen molar-refractivity contribution >= 4 is 28.4 Å². The fraction of sp³-hybridized carbons (Fsp3) is 0.343. The van der Waals surface area contributed by atoms with Gasteiger partial charge >= 0.3 is 0 Å². The van der Waals surface area contributed by atoms with Crippen molar-refractivity contribution in [1.82, 2.24) is 29.8 Å². The number of H-pyrrole nitrogens is 1. The lowest BCUT2D eigenvalue weighted by atomic mass is 10.0. The Bertz CT molecular complexity index is 1780. The highest BCUT2D eigenvalue weighted by atomic mass is 19.1. The molecule has 0 spiro atoms. The Morgan fingerprint density at radius 3 is 2.67 bits per heavy atom.